The minimum absolute atomic E-state index is 0.274. The lowest BCUT2D eigenvalue weighted by Gasteiger charge is -2.20. The summed E-state index contributed by atoms with van der Waals surface area (Å²) in [6, 6.07) is 14.0. The fraction of sp³-hybridized carbons (Fsp3) is 0.235. The minimum atomic E-state index is -0.274. The van der Waals surface area contributed by atoms with Gasteiger partial charge in [0, 0.05) is 24.8 Å². The molecule has 0 spiro atoms. The second-order valence-electron chi connectivity index (χ2n) is 5.37. The normalized spacial score (nSPS) is 10.3. The molecule has 21 heavy (non-hydrogen) atoms. The summed E-state index contributed by atoms with van der Waals surface area (Å²) in [4.78, 5) is 13.6. The minimum Gasteiger partial charge on any atom is -0.370 e. The number of nitrogen functional groups attached to an aromatic ring is 1. The molecule has 2 aromatic rings. The molecular weight excluding hydrogens is 262 g/mol. The van der Waals surface area contributed by atoms with E-state index in [1.165, 1.54) is 16.8 Å². The van der Waals surface area contributed by atoms with Crippen LogP contribution in [-0.4, -0.2) is 13.0 Å². The van der Waals surface area contributed by atoms with E-state index in [1.54, 1.807) is 12.1 Å². The maximum absolute atomic E-state index is 11.4. The zero-order valence-corrected chi connectivity index (χ0v) is 12.7. The average Bonchev–Trinajstić information content (AvgIpc) is 2.46. The molecule has 0 aliphatic rings. The largest absolute Gasteiger partial charge is 0.370 e. The van der Waals surface area contributed by atoms with Gasteiger partial charge in [0.05, 0.1) is 0 Å². The zero-order valence-electron chi connectivity index (χ0n) is 12.7. The molecular formula is C17H21N3O. The number of nitrogens with two attached hydrogens (primary N) is 1. The summed E-state index contributed by atoms with van der Waals surface area (Å²) in [5.74, 6) is 4.85. The first-order valence-corrected chi connectivity index (χ1v) is 6.89. The van der Waals surface area contributed by atoms with Gasteiger partial charge in [0.2, 0.25) is 0 Å². The standard InChI is InChI=1S/C17H21N3O/c1-12-8-13(2)10-16(9-12)20(3)11-14-4-6-15(7-5-14)17(21)19-18/h4-10H,11,18H2,1-3H3,(H,19,21). The molecule has 0 fully saturated rings. The molecule has 110 valence electrons. The Morgan fingerprint density at radius 1 is 1.10 bits per heavy atom. The van der Waals surface area contributed by atoms with Crippen molar-refractivity contribution in [1.29, 1.82) is 0 Å². The van der Waals surface area contributed by atoms with Crippen molar-refractivity contribution in [3.63, 3.8) is 0 Å². The third-order valence-corrected chi connectivity index (χ3v) is 3.41. The third kappa shape index (κ3) is 3.83. The predicted octanol–water partition coefficient (Wildman–Crippen LogP) is 2.54. The Morgan fingerprint density at radius 3 is 2.19 bits per heavy atom. The van der Waals surface area contributed by atoms with E-state index in [2.05, 4.69) is 49.4 Å². The van der Waals surface area contributed by atoms with Crippen LogP contribution >= 0.6 is 0 Å². The van der Waals surface area contributed by atoms with Crippen LogP contribution in [-0.2, 0) is 6.54 Å². The number of aryl methyl sites for hydroxylation is 2. The number of carbonyl (C=O) groups is 1. The molecule has 0 atom stereocenters. The van der Waals surface area contributed by atoms with Crippen molar-refractivity contribution in [3.05, 3.63) is 64.7 Å². The number of hydrogen-bond donors (Lipinski definition) is 2. The second kappa shape index (κ2) is 6.41. The van der Waals surface area contributed by atoms with Gasteiger partial charge in [-0.1, -0.05) is 18.2 Å². The molecule has 0 unspecified atom stereocenters. The Morgan fingerprint density at radius 2 is 1.67 bits per heavy atom. The van der Waals surface area contributed by atoms with Crippen LogP contribution in [0, 0.1) is 13.8 Å². The highest BCUT2D eigenvalue weighted by molar-refractivity contribution is 5.93. The van der Waals surface area contributed by atoms with Crippen molar-refractivity contribution in [2.24, 2.45) is 5.84 Å². The predicted molar refractivity (Wildman–Crippen MR) is 86.1 cm³/mol. The summed E-state index contributed by atoms with van der Waals surface area (Å²) < 4.78 is 0. The van der Waals surface area contributed by atoms with Crippen LogP contribution in [0.15, 0.2) is 42.5 Å². The molecule has 0 aliphatic carbocycles. The lowest BCUT2D eigenvalue weighted by molar-refractivity contribution is 0.0953. The number of benzene rings is 2. The molecule has 0 heterocycles. The highest BCUT2D eigenvalue weighted by atomic mass is 16.2. The highest BCUT2D eigenvalue weighted by Gasteiger charge is 2.06. The maximum atomic E-state index is 11.4. The number of rotatable bonds is 4. The lowest BCUT2D eigenvalue weighted by Crippen LogP contribution is -2.29. The topological polar surface area (TPSA) is 58.4 Å². The fourth-order valence-electron chi connectivity index (χ4n) is 2.38. The van der Waals surface area contributed by atoms with Crippen LogP contribution < -0.4 is 16.2 Å². The highest BCUT2D eigenvalue weighted by Crippen LogP contribution is 2.19. The third-order valence-electron chi connectivity index (χ3n) is 3.41. The molecule has 0 bridgehead atoms. The fourth-order valence-corrected chi connectivity index (χ4v) is 2.38. The van der Waals surface area contributed by atoms with E-state index < -0.39 is 0 Å². The van der Waals surface area contributed by atoms with E-state index >= 15 is 0 Å². The molecule has 2 rings (SSSR count). The number of anilines is 1. The molecule has 0 radical (unpaired) electrons. The molecule has 0 aromatic heterocycles. The van der Waals surface area contributed by atoms with E-state index in [9.17, 15) is 4.79 Å². The summed E-state index contributed by atoms with van der Waals surface area (Å²) in [6.45, 7) is 4.99. The number of amides is 1. The summed E-state index contributed by atoms with van der Waals surface area (Å²) in [7, 11) is 2.06. The zero-order chi connectivity index (χ0) is 15.4. The van der Waals surface area contributed by atoms with Crippen molar-refractivity contribution in [1.82, 2.24) is 5.43 Å². The number of hydrazine groups is 1. The molecule has 0 saturated heterocycles. The van der Waals surface area contributed by atoms with Crippen LogP contribution in [0.4, 0.5) is 5.69 Å². The van der Waals surface area contributed by atoms with E-state index in [-0.39, 0.29) is 5.91 Å². The number of carbonyl (C=O) groups excluding carboxylic acids is 1. The average molecular weight is 283 g/mol. The number of nitrogens with one attached hydrogen (secondary N) is 1. The van der Waals surface area contributed by atoms with Gasteiger partial charge in [-0.15, -0.1) is 0 Å². The SMILES string of the molecule is Cc1cc(C)cc(N(C)Cc2ccc(C(=O)NN)cc2)c1. The van der Waals surface area contributed by atoms with E-state index in [0.717, 1.165) is 12.1 Å². The first-order valence-electron chi connectivity index (χ1n) is 6.89. The van der Waals surface area contributed by atoms with Crippen molar-refractivity contribution in [2.45, 2.75) is 20.4 Å². The first-order chi connectivity index (χ1) is 9.99. The van der Waals surface area contributed by atoms with Gasteiger partial charge < -0.3 is 4.90 Å². The Bertz CT molecular complexity index is 615. The summed E-state index contributed by atoms with van der Waals surface area (Å²) >= 11 is 0. The second-order valence-corrected chi connectivity index (χ2v) is 5.37. The molecule has 1 amide bonds. The lowest BCUT2D eigenvalue weighted by atomic mass is 10.1. The Labute approximate surface area is 125 Å². The van der Waals surface area contributed by atoms with E-state index in [1.807, 2.05) is 12.1 Å². The van der Waals surface area contributed by atoms with Crippen molar-refractivity contribution < 1.29 is 4.79 Å². The van der Waals surface area contributed by atoms with Gasteiger partial charge in [0.25, 0.3) is 5.91 Å². The Balaban J connectivity index is 2.12. The van der Waals surface area contributed by atoms with Gasteiger partial charge in [0.1, 0.15) is 0 Å². The van der Waals surface area contributed by atoms with Crippen molar-refractivity contribution in [2.75, 3.05) is 11.9 Å². The van der Waals surface area contributed by atoms with Crippen molar-refractivity contribution in [3.8, 4) is 0 Å². The maximum Gasteiger partial charge on any atom is 0.265 e. The Kier molecular flexibility index (Phi) is 4.60. The Hall–Kier alpha value is -2.33. The van der Waals surface area contributed by atoms with Gasteiger partial charge in [-0.25, -0.2) is 5.84 Å². The first kappa shape index (κ1) is 15.1. The van der Waals surface area contributed by atoms with Crippen LogP contribution in [0.3, 0.4) is 0 Å². The van der Waals surface area contributed by atoms with Gasteiger partial charge in [-0.05, 0) is 54.8 Å². The van der Waals surface area contributed by atoms with E-state index in [0.29, 0.717) is 5.56 Å². The molecule has 4 nitrogen and oxygen atoms in total. The van der Waals surface area contributed by atoms with Crippen LogP contribution in [0.25, 0.3) is 0 Å². The van der Waals surface area contributed by atoms with Gasteiger partial charge in [-0.3, -0.25) is 10.2 Å². The van der Waals surface area contributed by atoms with Gasteiger partial charge in [-0.2, -0.15) is 0 Å². The molecule has 4 heteroatoms. The summed E-state index contributed by atoms with van der Waals surface area (Å²) in [5, 5.41) is 0. The number of hydrogen-bond acceptors (Lipinski definition) is 3. The number of nitrogens with zero attached hydrogens (tertiary/aromatic N) is 1. The van der Waals surface area contributed by atoms with Crippen LogP contribution in [0.2, 0.25) is 0 Å². The van der Waals surface area contributed by atoms with Gasteiger partial charge in [0.15, 0.2) is 0 Å². The molecule has 2 aromatic carbocycles. The van der Waals surface area contributed by atoms with Crippen LogP contribution in [0.1, 0.15) is 27.0 Å². The summed E-state index contributed by atoms with van der Waals surface area (Å²) in [5.41, 5.74) is 7.54. The smallest absolute Gasteiger partial charge is 0.265 e. The summed E-state index contributed by atoms with van der Waals surface area (Å²) in [6.07, 6.45) is 0. The van der Waals surface area contributed by atoms with Crippen molar-refractivity contribution >= 4 is 11.6 Å². The van der Waals surface area contributed by atoms with E-state index in [4.69, 9.17) is 5.84 Å². The molecule has 0 saturated carbocycles. The molecule has 0 aliphatic heterocycles. The molecule has 3 N–H and O–H groups in total. The quantitative estimate of drug-likeness (QED) is 0.515. The van der Waals surface area contributed by atoms with Crippen LogP contribution in [0.5, 0.6) is 0 Å². The monoisotopic (exact) mass is 283 g/mol. The van der Waals surface area contributed by atoms with Gasteiger partial charge >= 0.3 is 0 Å².